The Morgan fingerprint density at radius 1 is 0.913 bits per heavy atom. The molecule has 0 aliphatic rings. The minimum absolute atomic E-state index is 0.0348. The molecule has 0 N–H and O–H groups in total. The standard InChI is InChI=1S/C14H9F3N2O4/c1-8-6-10(13(19(22)23)7-12(8)18(20)21)9-4-2-3-5-11(9)14(15,16)17/h2-7H,1H3. The first-order valence-corrected chi connectivity index (χ1v) is 6.23. The van der Waals surface area contributed by atoms with Crippen LogP contribution in [0.1, 0.15) is 11.1 Å². The summed E-state index contributed by atoms with van der Waals surface area (Å²) in [4.78, 5) is 20.3. The number of alkyl halides is 3. The number of nitrogens with zero attached hydrogens (tertiary/aromatic N) is 2. The van der Waals surface area contributed by atoms with Crippen molar-refractivity contribution < 1.29 is 23.0 Å². The SMILES string of the molecule is Cc1cc(-c2ccccc2C(F)(F)F)c([N+](=O)[O-])cc1[N+](=O)[O-]. The van der Waals surface area contributed by atoms with E-state index in [0.717, 1.165) is 24.3 Å². The fourth-order valence-corrected chi connectivity index (χ4v) is 2.21. The lowest BCUT2D eigenvalue weighted by atomic mass is 9.95. The van der Waals surface area contributed by atoms with E-state index >= 15 is 0 Å². The number of nitro groups is 2. The highest BCUT2D eigenvalue weighted by Gasteiger charge is 2.35. The summed E-state index contributed by atoms with van der Waals surface area (Å²) in [5.41, 5.74) is -3.00. The summed E-state index contributed by atoms with van der Waals surface area (Å²) in [6.45, 7) is 1.31. The van der Waals surface area contributed by atoms with E-state index in [-0.39, 0.29) is 11.1 Å². The van der Waals surface area contributed by atoms with Crippen molar-refractivity contribution in [2.24, 2.45) is 0 Å². The molecule has 23 heavy (non-hydrogen) atoms. The number of aryl methyl sites for hydroxylation is 1. The first-order valence-electron chi connectivity index (χ1n) is 6.23. The summed E-state index contributed by atoms with van der Waals surface area (Å²) in [5.74, 6) is 0. The predicted molar refractivity (Wildman–Crippen MR) is 74.9 cm³/mol. The Bertz CT molecular complexity index is 803. The van der Waals surface area contributed by atoms with Crippen LogP contribution >= 0.6 is 0 Å². The molecule has 9 heteroatoms. The molecule has 0 atom stereocenters. The van der Waals surface area contributed by atoms with Gasteiger partial charge in [0.15, 0.2) is 0 Å². The van der Waals surface area contributed by atoms with Crippen molar-refractivity contribution in [3.8, 4) is 11.1 Å². The fraction of sp³-hybridized carbons (Fsp3) is 0.143. The zero-order valence-corrected chi connectivity index (χ0v) is 11.6. The van der Waals surface area contributed by atoms with E-state index in [1.54, 1.807) is 0 Å². The van der Waals surface area contributed by atoms with Gasteiger partial charge in [-0.2, -0.15) is 13.2 Å². The molecule has 0 bridgehead atoms. The minimum Gasteiger partial charge on any atom is -0.258 e. The van der Waals surface area contributed by atoms with Crippen molar-refractivity contribution in [1.29, 1.82) is 0 Å². The quantitative estimate of drug-likeness (QED) is 0.614. The molecule has 2 rings (SSSR count). The lowest BCUT2D eigenvalue weighted by Gasteiger charge is -2.13. The number of rotatable bonds is 3. The molecule has 0 saturated heterocycles. The van der Waals surface area contributed by atoms with Crippen LogP contribution < -0.4 is 0 Å². The summed E-state index contributed by atoms with van der Waals surface area (Å²) < 4.78 is 39.3. The zero-order chi connectivity index (χ0) is 17.4. The smallest absolute Gasteiger partial charge is 0.258 e. The van der Waals surface area contributed by atoms with E-state index in [1.807, 2.05) is 0 Å². The van der Waals surface area contributed by atoms with Crippen LogP contribution in [0.25, 0.3) is 11.1 Å². The highest BCUT2D eigenvalue weighted by Crippen LogP contribution is 2.42. The van der Waals surface area contributed by atoms with Crippen molar-refractivity contribution in [2.75, 3.05) is 0 Å². The summed E-state index contributed by atoms with van der Waals surface area (Å²) >= 11 is 0. The highest BCUT2D eigenvalue weighted by atomic mass is 19.4. The fourth-order valence-electron chi connectivity index (χ4n) is 2.21. The van der Waals surface area contributed by atoms with E-state index in [4.69, 9.17) is 0 Å². The Morgan fingerprint density at radius 3 is 2.00 bits per heavy atom. The third-order valence-corrected chi connectivity index (χ3v) is 3.23. The molecule has 0 aliphatic heterocycles. The van der Waals surface area contributed by atoms with E-state index in [1.165, 1.54) is 13.0 Å². The minimum atomic E-state index is -4.71. The molecular formula is C14H9F3N2O4. The lowest BCUT2D eigenvalue weighted by Crippen LogP contribution is -2.08. The number of halogens is 3. The van der Waals surface area contributed by atoms with Gasteiger partial charge in [-0.05, 0) is 19.1 Å². The maximum absolute atomic E-state index is 13.1. The van der Waals surface area contributed by atoms with Gasteiger partial charge in [-0.1, -0.05) is 18.2 Å². The number of hydrogen-bond acceptors (Lipinski definition) is 4. The lowest BCUT2D eigenvalue weighted by molar-refractivity contribution is -0.394. The van der Waals surface area contributed by atoms with Gasteiger partial charge in [0.1, 0.15) is 0 Å². The summed E-state index contributed by atoms with van der Waals surface area (Å²) in [6, 6.07) is 6.08. The third-order valence-electron chi connectivity index (χ3n) is 3.23. The zero-order valence-electron chi connectivity index (χ0n) is 11.6. The van der Waals surface area contributed by atoms with Gasteiger partial charge in [-0.15, -0.1) is 0 Å². The largest absolute Gasteiger partial charge is 0.417 e. The first kappa shape index (κ1) is 16.4. The molecule has 0 fully saturated rings. The van der Waals surface area contributed by atoms with E-state index in [9.17, 15) is 33.4 Å². The van der Waals surface area contributed by atoms with E-state index < -0.39 is 38.5 Å². The number of benzene rings is 2. The third kappa shape index (κ3) is 3.12. The monoisotopic (exact) mass is 326 g/mol. The van der Waals surface area contributed by atoms with Crippen LogP contribution in [0.15, 0.2) is 36.4 Å². The van der Waals surface area contributed by atoms with Gasteiger partial charge in [0, 0.05) is 11.1 Å². The molecule has 2 aromatic carbocycles. The topological polar surface area (TPSA) is 86.3 Å². The molecule has 0 aromatic heterocycles. The Balaban J connectivity index is 2.82. The second-order valence-electron chi connectivity index (χ2n) is 4.71. The number of nitro benzene ring substituents is 2. The van der Waals surface area contributed by atoms with Crippen molar-refractivity contribution in [3.05, 3.63) is 67.8 Å². The van der Waals surface area contributed by atoms with Gasteiger partial charge in [0.25, 0.3) is 11.4 Å². The first-order chi connectivity index (χ1) is 10.6. The van der Waals surface area contributed by atoms with Gasteiger partial charge in [0.05, 0.1) is 27.0 Å². The van der Waals surface area contributed by atoms with Gasteiger partial charge in [-0.25, -0.2) is 0 Å². The second kappa shape index (κ2) is 5.67. The van der Waals surface area contributed by atoms with Crippen LogP contribution in [0.4, 0.5) is 24.5 Å². The van der Waals surface area contributed by atoms with Crippen molar-refractivity contribution in [1.82, 2.24) is 0 Å². The molecule has 0 unspecified atom stereocenters. The van der Waals surface area contributed by atoms with E-state index in [0.29, 0.717) is 6.07 Å². The maximum atomic E-state index is 13.1. The Hall–Kier alpha value is -2.97. The van der Waals surface area contributed by atoms with Crippen LogP contribution in [0.3, 0.4) is 0 Å². The molecule has 0 heterocycles. The van der Waals surface area contributed by atoms with Crippen LogP contribution in [0, 0.1) is 27.2 Å². The van der Waals surface area contributed by atoms with Crippen LogP contribution in [0.5, 0.6) is 0 Å². The average molecular weight is 326 g/mol. The average Bonchev–Trinajstić information content (AvgIpc) is 2.45. The molecular weight excluding hydrogens is 317 g/mol. The van der Waals surface area contributed by atoms with Gasteiger partial charge in [0.2, 0.25) is 0 Å². The Kier molecular flexibility index (Phi) is 4.04. The van der Waals surface area contributed by atoms with Crippen molar-refractivity contribution in [2.45, 2.75) is 13.1 Å². The molecule has 0 spiro atoms. The van der Waals surface area contributed by atoms with E-state index in [2.05, 4.69) is 0 Å². The van der Waals surface area contributed by atoms with Crippen molar-refractivity contribution >= 4 is 11.4 Å². The van der Waals surface area contributed by atoms with Crippen LogP contribution in [0.2, 0.25) is 0 Å². The molecule has 6 nitrogen and oxygen atoms in total. The number of hydrogen-bond donors (Lipinski definition) is 0. The summed E-state index contributed by atoms with van der Waals surface area (Å²) in [7, 11) is 0. The molecule has 0 radical (unpaired) electrons. The molecule has 0 saturated carbocycles. The normalized spacial score (nSPS) is 11.3. The molecule has 2 aromatic rings. The maximum Gasteiger partial charge on any atom is 0.417 e. The van der Waals surface area contributed by atoms with Crippen molar-refractivity contribution in [3.63, 3.8) is 0 Å². The molecule has 120 valence electrons. The highest BCUT2D eigenvalue weighted by molar-refractivity contribution is 5.79. The molecule has 0 amide bonds. The second-order valence-corrected chi connectivity index (χ2v) is 4.71. The van der Waals surface area contributed by atoms with Gasteiger partial charge in [-0.3, -0.25) is 20.2 Å². The van der Waals surface area contributed by atoms with Gasteiger partial charge < -0.3 is 0 Å². The Labute approximate surface area is 127 Å². The predicted octanol–water partition coefficient (Wildman–Crippen LogP) is 4.50. The van der Waals surface area contributed by atoms with Gasteiger partial charge >= 0.3 is 6.18 Å². The summed E-state index contributed by atoms with van der Waals surface area (Å²) in [5, 5.41) is 22.0. The van der Waals surface area contributed by atoms with Crippen LogP contribution in [-0.2, 0) is 6.18 Å². The summed E-state index contributed by atoms with van der Waals surface area (Å²) in [6.07, 6.45) is -4.71. The van der Waals surface area contributed by atoms with Crippen LogP contribution in [-0.4, -0.2) is 9.85 Å². The molecule has 0 aliphatic carbocycles. The Morgan fingerprint density at radius 2 is 1.48 bits per heavy atom.